The molecule has 1 fully saturated rings. The minimum absolute atomic E-state index is 0. The highest BCUT2D eigenvalue weighted by molar-refractivity contribution is 5.85. The number of halogens is 1. The number of ether oxygens (including phenoxy) is 2. The molecule has 1 saturated carbocycles. The first-order chi connectivity index (χ1) is 10.2. The monoisotopic (exact) mass is 328 g/mol. The van der Waals surface area contributed by atoms with Gasteiger partial charge in [-0.3, -0.25) is 4.79 Å². The SMILES string of the molecule is CCOc1ccc(OCC(=O)NC2CCC(N)CC2)cc1.Cl. The topological polar surface area (TPSA) is 73.6 Å². The van der Waals surface area contributed by atoms with Crippen LogP contribution in [0.2, 0.25) is 0 Å². The summed E-state index contributed by atoms with van der Waals surface area (Å²) in [5.74, 6) is 1.39. The molecular formula is C16H25ClN2O3. The molecule has 0 aliphatic heterocycles. The third-order valence-corrected chi connectivity index (χ3v) is 3.64. The number of benzene rings is 1. The Bertz CT molecular complexity index is 445. The van der Waals surface area contributed by atoms with E-state index in [-0.39, 0.29) is 31.0 Å². The fourth-order valence-corrected chi connectivity index (χ4v) is 2.48. The summed E-state index contributed by atoms with van der Waals surface area (Å²) in [6, 6.07) is 7.80. The number of nitrogens with two attached hydrogens (primary N) is 1. The molecule has 0 saturated heterocycles. The molecule has 1 amide bonds. The lowest BCUT2D eigenvalue weighted by atomic mass is 9.92. The van der Waals surface area contributed by atoms with Crippen LogP contribution in [0.25, 0.3) is 0 Å². The van der Waals surface area contributed by atoms with Crippen molar-refractivity contribution < 1.29 is 14.3 Å². The van der Waals surface area contributed by atoms with Crippen LogP contribution in [-0.4, -0.2) is 31.2 Å². The number of hydrogen-bond acceptors (Lipinski definition) is 4. The minimum atomic E-state index is -0.0793. The van der Waals surface area contributed by atoms with Crippen LogP contribution in [0.3, 0.4) is 0 Å². The molecule has 1 aliphatic carbocycles. The lowest BCUT2D eigenvalue weighted by molar-refractivity contribution is -0.124. The molecule has 6 heteroatoms. The fourth-order valence-electron chi connectivity index (χ4n) is 2.48. The smallest absolute Gasteiger partial charge is 0.258 e. The zero-order chi connectivity index (χ0) is 15.1. The normalized spacial score (nSPS) is 20.6. The van der Waals surface area contributed by atoms with Crippen LogP contribution in [0.15, 0.2) is 24.3 Å². The van der Waals surface area contributed by atoms with Crippen molar-refractivity contribution in [3.05, 3.63) is 24.3 Å². The van der Waals surface area contributed by atoms with E-state index in [4.69, 9.17) is 15.2 Å². The second kappa shape index (κ2) is 9.54. The van der Waals surface area contributed by atoms with Gasteiger partial charge in [-0.25, -0.2) is 0 Å². The van der Waals surface area contributed by atoms with Crippen molar-refractivity contribution in [1.29, 1.82) is 0 Å². The molecule has 124 valence electrons. The third kappa shape index (κ3) is 6.12. The molecule has 1 aromatic carbocycles. The Labute approximate surface area is 138 Å². The number of rotatable bonds is 6. The first kappa shape index (κ1) is 18.6. The number of carbonyl (C=O) groups is 1. The molecule has 2 rings (SSSR count). The van der Waals surface area contributed by atoms with Gasteiger partial charge in [-0.15, -0.1) is 12.4 Å². The second-order valence-corrected chi connectivity index (χ2v) is 5.37. The van der Waals surface area contributed by atoms with Crippen molar-refractivity contribution in [2.75, 3.05) is 13.2 Å². The van der Waals surface area contributed by atoms with Gasteiger partial charge in [-0.2, -0.15) is 0 Å². The van der Waals surface area contributed by atoms with Gasteiger partial charge in [0.2, 0.25) is 0 Å². The van der Waals surface area contributed by atoms with Gasteiger partial charge in [0.15, 0.2) is 6.61 Å². The molecule has 0 atom stereocenters. The van der Waals surface area contributed by atoms with Gasteiger partial charge in [0.05, 0.1) is 6.61 Å². The number of hydrogen-bond donors (Lipinski definition) is 2. The Morgan fingerprint density at radius 3 is 2.23 bits per heavy atom. The van der Waals surface area contributed by atoms with Gasteiger partial charge in [-0.1, -0.05) is 0 Å². The van der Waals surface area contributed by atoms with Gasteiger partial charge in [0.1, 0.15) is 11.5 Å². The molecule has 22 heavy (non-hydrogen) atoms. The second-order valence-electron chi connectivity index (χ2n) is 5.37. The van der Waals surface area contributed by atoms with E-state index in [1.807, 2.05) is 19.1 Å². The van der Waals surface area contributed by atoms with E-state index in [2.05, 4.69) is 5.32 Å². The zero-order valence-corrected chi connectivity index (χ0v) is 13.7. The molecule has 0 unspecified atom stereocenters. The highest BCUT2D eigenvalue weighted by Gasteiger charge is 2.19. The summed E-state index contributed by atoms with van der Waals surface area (Å²) < 4.78 is 10.8. The summed E-state index contributed by atoms with van der Waals surface area (Å²) in [5, 5.41) is 3.00. The Morgan fingerprint density at radius 2 is 1.68 bits per heavy atom. The van der Waals surface area contributed by atoms with E-state index in [0.717, 1.165) is 31.4 Å². The van der Waals surface area contributed by atoms with E-state index in [1.165, 1.54) is 0 Å². The molecule has 1 aromatic rings. The molecule has 0 aromatic heterocycles. The standard InChI is InChI=1S/C16H24N2O3.ClH/c1-2-20-14-7-9-15(10-8-14)21-11-16(19)18-13-5-3-12(17)4-6-13;/h7-10,12-13H,2-6,11,17H2,1H3,(H,18,19);1H. The van der Waals surface area contributed by atoms with E-state index in [9.17, 15) is 4.79 Å². The minimum Gasteiger partial charge on any atom is -0.494 e. The highest BCUT2D eigenvalue weighted by atomic mass is 35.5. The van der Waals surface area contributed by atoms with Crippen molar-refractivity contribution in [1.82, 2.24) is 5.32 Å². The predicted octanol–water partition coefficient (Wildman–Crippen LogP) is 2.27. The van der Waals surface area contributed by atoms with Crippen LogP contribution in [0.5, 0.6) is 11.5 Å². The van der Waals surface area contributed by atoms with Crippen LogP contribution in [0.1, 0.15) is 32.6 Å². The molecule has 0 spiro atoms. The average Bonchev–Trinajstić information content (AvgIpc) is 2.49. The number of nitrogens with one attached hydrogen (secondary N) is 1. The van der Waals surface area contributed by atoms with Gasteiger partial charge < -0.3 is 20.5 Å². The Kier molecular flexibility index (Phi) is 8.06. The van der Waals surface area contributed by atoms with E-state index in [1.54, 1.807) is 12.1 Å². The van der Waals surface area contributed by atoms with Gasteiger partial charge in [-0.05, 0) is 56.9 Å². The van der Waals surface area contributed by atoms with Crippen molar-refractivity contribution in [2.45, 2.75) is 44.7 Å². The number of carbonyl (C=O) groups excluding carboxylic acids is 1. The van der Waals surface area contributed by atoms with Crippen LogP contribution in [-0.2, 0) is 4.79 Å². The molecule has 5 nitrogen and oxygen atoms in total. The maximum atomic E-state index is 11.8. The molecule has 3 N–H and O–H groups in total. The number of amides is 1. The summed E-state index contributed by atoms with van der Waals surface area (Å²) in [6.07, 6.45) is 3.86. The molecule has 0 bridgehead atoms. The fraction of sp³-hybridized carbons (Fsp3) is 0.562. The largest absolute Gasteiger partial charge is 0.494 e. The molecule has 0 heterocycles. The van der Waals surface area contributed by atoms with Crippen LogP contribution >= 0.6 is 12.4 Å². The van der Waals surface area contributed by atoms with Crippen molar-refractivity contribution >= 4 is 18.3 Å². The third-order valence-electron chi connectivity index (χ3n) is 3.64. The van der Waals surface area contributed by atoms with E-state index in [0.29, 0.717) is 18.4 Å². The van der Waals surface area contributed by atoms with Crippen molar-refractivity contribution in [2.24, 2.45) is 5.73 Å². The highest BCUT2D eigenvalue weighted by Crippen LogP contribution is 2.18. The molecule has 1 aliphatic rings. The molecule has 0 radical (unpaired) electrons. The Hall–Kier alpha value is -1.46. The lowest BCUT2D eigenvalue weighted by Crippen LogP contribution is -2.42. The maximum absolute atomic E-state index is 11.8. The summed E-state index contributed by atoms with van der Waals surface area (Å²) in [5.41, 5.74) is 5.85. The first-order valence-corrected chi connectivity index (χ1v) is 7.58. The summed E-state index contributed by atoms with van der Waals surface area (Å²) in [7, 11) is 0. The van der Waals surface area contributed by atoms with Crippen molar-refractivity contribution in [3.8, 4) is 11.5 Å². The van der Waals surface area contributed by atoms with Crippen LogP contribution < -0.4 is 20.5 Å². The van der Waals surface area contributed by atoms with E-state index >= 15 is 0 Å². The molecular weight excluding hydrogens is 304 g/mol. The van der Waals surface area contributed by atoms with Gasteiger partial charge in [0, 0.05) is 12.1 Å². The zero-order valence-electron chi connectivity index (χ0n) is 12.9. The predicted molar refractivity (Wildman–Crippen MR) is 88.7 cm³/mol. The summed E-state index contributed by atoms with van der Waals surface area (Å²) in [4.78, 5) is 11.8. The van der Waals surface area contributed by atoms with Gasteiger partial charge in [0.25, 0.3) is 5.91 Å². The summed E-state index contributed by atoms with van der Waals surface area (Å²) >= 11 is 0. The van der Waals surface area contributed by atoms with Crippen LogP contribution in [0, 0.1) is 0 Å². The van der Waals surface area contributed by atoms with Crippen molar-refractivity contribution in [3.63, 3.8) is 0 Å². The van der Waals surface area contributed by atoms with Gasteiger partial charge >= 0.3 is 0 Å². The maximum Gasteiger partial charge on any atom is 0.258 e. The quantitative estimate of drug-likeness (QED) is 0.840. The first-order valence-electron chi connectivity index (χ1n) is 7.58. The van der Waals surface area contributed by atoms with Crippen LogP contribution in [0.4, 0.5) is 0 Å². The Balaban J connectivity index is 0.00000242. The summed E-state index contributed by atoms with van der Waals surface area (Å²) in [6.45, 7) is 2.61. The van der Waals surface area contributed by atoms with E-state index < -0.39 is 0 Å². The average molecular weight is 329 g/mol. The lowest BCUT2D eigenvalue weighted by Gasteiger charge is -2.26. The Morgan fingerprint density at radius 1 is 1.14 bits per heavy atom.